The van der Waals surface area contributed by atoms with Crippen LogP contribution in [0.3, 0.4) is 0 Å². The Balaban J connectivity index is 2.99. The minimum absolute atomic E-state index is 0.410. The van der Waals surface area contributed by atoms with Crippen molar-refractivity contribution in [3.05, 3.63) is 29.6 Å². The van der Waals surface area contributed by atoms with E-state index >= 15 is 0 Å². The summed E-state index contributed by atoms with van der Waals surface area (Å²) in [5, 5.41) is 8.56. The topological polar surface area (TPSA) is 33.0 Å². The monoisotopic (exact) mass is 233 g/mol. The van der Waals surface area contributed by atoms with Crippen LogP contribution in [-0.2, 0) is 0 Å². The third-order valence-corrected chi connectivity index (χ3v) is 1.85. The lowest BCUT2D eigenvalue weighted by Gasteiger charge is -2.18. The number of nitriles is 1. The van der Waals surface area contributed by atoms with Crippen LogP contribution in [-0.4, -0.2) is 12.3 Å². The largest absolute Gasteiger partial charge is 0.480 e. The van der Waals surface area contributed by atoms with Crippen molar-refractivity contribution in [3.63, 3.8) is 0 Å². The molecule has 16 heavy (non-hydrogen) atoms. The van der Waals surface area contributed by atoms with E-state index in [4.69, 9.17) is 5.26 Å². The summed E-state index contributed by atoms with van der Waals surface area (Å²) < 4.78 is 54.0. The zero-order valence-electron chi connectivity index (χ0n) is 8.18. The highest BCUT2D eigenvalue weighted by molar-refractivity contribution is 5.43. The Kier molecular flexibility index (Phi) is 3.38. The number of rotatable bonds is 2. The first-order valence-electron chi connectivity index (χ1n) is 4.28. The van der Waals surface area contributed by atoms with Gasteiger partial charge >= 0.3 is 6.18 Å². The molecule has 6 heteroatoms. The molecule has 0 saturated carbocycles. The fraction of sp³-hybridized carbons (Fsp3) is 0.300. The van der Waals surface area contributed by atoms with E-state index in [0.717, 1.165) is 19.1 Å². The normalized spacial score (nSPS) is 13.0. The van der Waals surface area contributed by atoms with Crippen LogP contribution in [0.25, 0.3) is 0 Å². The molecule has 0 bridgehead atoms. The van der Waals surface area contributed by atoms with Crippen molar-refractivity contribution in [1.82, 2.24) is 0 Å². The SMILES string of the molecule is CC(Oc1cccc(F)c1C#N)C(F)(F)F. The van der Waals surface area contributed by atoms with Gasteiger partial charge in [0.25, 0.3) is 0 Å². The molecule has 1 unspecified atom stereocenters. The molecule has 86 valence electrons. The fourth-order valence-corrected chi connectivity index (χ4v) is 0.968. The Morgan fingerprint density at radius 3 is 2.50 bits per heavy atom. The number of ether oxygens (including phenoxy) is 1. The molecule has 0 aliphatic rings. The highest BCUT2D eigenvalue weighted by atomic mass is 19.4. The van der Waals surface area contributed by atoms with Crippen molar-refractivity contribution in [1.29, 1.82) is 5.26 Å². The number of benzene rings is 1. The van der Waals surface area contributed by atoms with Gasteiger partial charge in [-0.3, -0.25) is 0 Å². The molecule has 0 fully saturated rings. The molecular weight excluding hydrogens is 226 g/mol. The van der Waals surface area contributed by atoms with Crippen LogP contribution in [0, 0.1) is 17.1 Å². The molecule has 0 saturated heterocycles. The Labute approximate surface area is 89.1 Å². The maximum Gasteiger partial charge on any atom is 0.425 e. The van der Waals surface area contributed by atoms with Crippen LogP contribution in [0.15, 0.2) is 18.2 Å². The van der Waals surface area contributed by atoms with E-state index in [0.29, 0.717) is 0 Å². The smallest absolute Gasteiger partial charge is 0.425 e. The standard InChI is InChI=1S/C10H7F4NO/c1-6(10(12,13)14)16-9-4-2-3-8(11)7(9)5-15/h2-4,6H,1H3. The van der Waals surface area contributed by atoms with Gasteiger partial charge in [0.15, 0.2) is 6.10 Å². The zero-order valence-corrected chi connectivity index (χ0v) is 8.18. The van der Waals surface area contributed by atoms with Crippen LogP contribution in [0.1, 0.15) is 12.5 Å². The second-order valence-corrected chi connectivity index (χ2v) is 3.03. The molecule has 1 aromatic carbocycles. The third kappa shape index (κ3) is 2.63. The molecule has 0 radical (unpaired) electrons. The van der Waals surface area contributed by atoms with Crippen molar-refractivity contribution in [2.75, 3.05) is 0 Å². The lowest BCUT2D eigenvalue weighted by Crippen LogP contribution is -2.31. The molecule has 0 spiro atoms. The lowest BCUT2D eigenvalue weighted by atomic mass is 10.2. The fourth-order valence-electron chi connectivity index (χ4n) is 0.968. The van der Waals surface area contributed by atoms with Gasteiger partial charge < -0.3 is 4.74 Å². The molecule has 0 aliphatic carbocycles. The molecule has 0 aliphatic heterocycles. The third-order valence-electron chi connectivity index (χ3n) is 1.85. The Morgan fingerprint density at radius 2 is 2.00 bits per heavy atom. The second kappa shape index (κ2) is 4.39. The summed E-state index contributed by atoms with van der Waals surface area (Å²) >= 11 is 0. The average molecular weight is 233 g/mol. The first kappa shape index (κ1) is 12.3. The van der Waals surface area contributed by atoms with E-state index in [-0.39, 0.29) is 0 Å². The van der Waals surface area contributed by atoms with Crippen LogP contribution < -0.4 is 4.74 Å². The zero-order chi connectivity index (χ0) is 12.3. The summed E-state index contributed by atoms with van der Waals surface area (Å²) in [6.07, 6.45) is -6.65. The van der Waals surface area contributed by atoms with Crippen molar-refractivity contribution in [2.45, 2.75) is 19.2 Å². The molecule has 1 atom stereocenters. The lowest BCUT2D eigenvalue weighted by molar-refractivity contribution is -0.189. The predicted octanol–water partition coefficient (Wildman–Crippen LogP) is 3.03. The number of alkyl halides is 3. The van der Waals surface area contributed by atoms with E-state index in [9.17, 15) is 17.6 Å². The number of halogens is 4. The van der Waals surface area contributed by atoms with E-state index < -0.39 is 29.4 Å². The van der Waals surface area contributed by atoms with Crippen molar-refractivity contribution in [3.8, 4) is 11.8 Å². The molecule has 2 nitrogen and oxygen atoms in total. The summed E-state index contributed by atoms with van der Waals surface area (Å²) in [4.78, 5) is 0. The molecule has 0 heterocycles. The molecule has 1 aromatic rings. The molecule has 0 aromatic heterocycles. The summed E-state index contributed by atoms with van der Waals surface area (Å²) in [6.45, 7) is 0.784. The van der Waals surface area contributed by atoms with E-state index in [1.54, 1.807) is 0 Å². The van der Waals surface area contributed by atoms with Crippen LogP contribution in [0.4, 0.5) is 17.6 Å². The van der Waals surface area contributed by atoms with Gasteiger partial charge in [-0.05, 0) is 19.1 Å². The van der Waals surface area contributed by atoms with Gasteiger partial charge in [0, 0.05) is 0 Å². The van der Waals surface area contributed by atoms with Gasteiger partial charge in [0.1, 0.15) is 23.2 Å². The van der Waals surface area contributed by atoms with Crippen LogP contribution >= 0.6 is 0 Å². The summed E-state index contributed by atoms with van der Waals surface area (Å²) in [6, 6.07) is 4.72. The van der Waals surface area contributed by atoms with Gasteiger partial charge in [0.2, 0.25) is 0 Å². The van der Waals surface area contributed by atoms with Gasteiger partial charge in [-0.25, -0.2) is 4.39 Å². The second-order valence-electron chi connectivity index (χ2n) is 3.03. The highest BCUT2D eigenvalue weighted by Gasteiger charge is 2.38. The van der Waals surface area contributed by atoms with Crippen LogP contribution in [0.5, 0.6) is 5.75 Å². The number of nitrogens with zero attached hydrogens (tertiary/aromatic N) is 1. The predicted molar refractivity (Wildman–Crippen MR) is 47.3 cm³/mol. The van der Waals surface area contributed by atoms with Crippen LogP contribution in [0.2, 0.25) is 0 Å². The quantitative estimate of drug-likeness (QED) is 0.735. The Hall–Kier alpha value is -1.77. The summed E-state index contributed by atoms with van der Waals surface area (Å²) in [7, 11) is 0. The van der Waals surface area contributed by atoms with Gasteiger partial charge in [-0.2, -0.15) is 18.4 Å². The van der Waals surface area contributed by atoms with Gasteiger partial charge in [-0.15, -0.1) is 0 Å². The first-order valence-corrected chi connectivity index (χ1v) is 4.28. The van der Waals surface area contributed by atoms with Crippen molar-refractivity contribution >= 4 is 0 Å². The minimum atomic E-state index is -4.56. The highest BCUT2D eigenvalue weighted by Crippen LogP contribution is 2.27. The summed E-state index contributed by atoms with van der Waals surface area (Å²) in [5.41, 5.74) is -0.529. The summed E-state index contributed by atoms with van der Waals surface area (Å²) in [5.74, 6) is -1.32. The molecule has 0 N–H and O–H groups in total. The molecule has 0 amide bonds. The number of hydrogen-bond acceptors (Lipinski definition) is 2. The molecule has 1 rings (SSSR count). The Morgan fingerprint density at radius 1 is 1.38 bits per heavy atom. The van der Waals surface area contributed by atoms with Gasteiger partial charge in [-0.1, -0.05) is 6.07 Å². The maximum atomic E-state index is 13.0. The Bertz CT molecular complexity index is 422. The molecular formula is C10H7F4NO. The van der Waals surface area contributed by atoms with Gasteiger partial charge in [0.05, 0.1) is 0 Å². The van der Waals surface area contributed by atoms with E-state index in [1.807, 2.05) is 0 Å². The number of hydrogen-bond donors (Lipinski definition) is 0. The van der Waals surface area contributed by atoms with E-state index in [2.05, 4.69) is 4.74 Å². The van der Waals surface area contributed by atoms with Crippen molar-refractivity contribution < 1.29 is 22.3 Å². The van der Waals surface area contributed by atoms with Crippen molar-refractivity contribution in [2.24, 2.45) is 0 Å². The van der Waals surface area contributed by atoms with E-state index in [1.165, 1.54) is 12.1 Å². The average Bonchev–Trinajstić information content (AvgIpc) is 2.16. The first-order chi connectivity index (χ1) is 7.36. The maximum absolute atomic E-state index is 13.0. The minimum Gasteiger partial charge on any atom is -0.480 e.